The Labute approximate surface area is 40.5 Å². The summed E-state index contributed by atoms with van der Waals surface area (Å²) in [6, 6.07) is 0. The van der Waals surface area contributed by atoms with Crippen LogP contribution in [-0.4, -0.2) is 6.16 Å². The van der Waals surface area contributed by atoms with Crippen LogP contribution in [0.4, 0.5) is 0 Å². The van der Waals surface area contributed by atoms with Crippen LogP contribution in [0.15, 0.2) is 0 Å². The van der Waals surface area contributed by atoms with E-state index in [0.29, 0.717) is 0 Å². The second kappa shape index (κ2) is 0.690. The zero-order valence-corrected chi connectivity index (χ0v) is 4.93. The van der Waals surface area contributed by atoms with Crippen molar-refractivity contribution in [3.05, 3.63) is 0 Å². The highest BCUT2D eigenvalue weighted by Gasteiger charge is 2.67. The van der Waals surface area contributed by atoms with Crippen LogP contribution in [0.3, 0.4) is 0 Å². The lowest BCUT2D eigenvalue weighted by Gasteiger charge is -1.89. The third-order valence-electron chi connectivity index (χ3n) is 2.26. The molecule has 2 aliphatic carbocycles. The van der Waals surface area contributed by atoms with Gasteiger partial charge in [-0.2, -0.15) is 0 Å². The summed E-state index contributed by atoms with van der Waals surface area (Å²) in [7, 11) is 2.83. The highest BCUT2D eigenvalue weighted by Crippen LogP contribution is 2.75. The number of hydrogen-bond acceptors (Lipinski definition) is 0. The van der Waals surface area contributed by atoms with E-state index in [9.17, 15) is 0 Å². The van der Waals surface area contributed by atoms with Gasteiger partial charge in [-0.1, -0.05) is 0 Å². The summed E-state index contributed by atoms with van der Waals surface area (Å²) in [5, 5.41) is 0. The van der Waals surface area contributed by atoms with Gasteiger partial charge in [-0.25, -0.2) is 0 Å². The second-order valence-corrected chi connectivity index (χ2v) is 3.08. The predicted molar refractivity (Wildman–Crippen MR) is 29.7 cm³/mol. The Morgan fingerprint density at radius 3 is 2.17 bits per heavy atom. The lowest BCUT2D eigenvalue weighted by molar-refractivity contribution is 0.735. The molecule has 6 heavy (non-hydrogen) atoms. The first-order valence-electron chi connectivity index (χ1n) is 2.57. The summed E-state index contributed by atoms with van der Waals surface area (Å²) in [5.41, 5.74) is 0.921. The normalized spacial score (nSPS) is 60.5. The van der Waals surface area contributed by atoms with Crippen LogP contribution in [0.5, 0.6) is 0 Å². The second-order valence-electron chi connectivity index (χ2n) is 2.67. The summed E-state index contributed by atoms with van der Waals surface area (Å²) in [4.78, 5) is 0. The Balaban J connectivity index is 2.10. The van der Waals surface area contributed by atoms with Crippen molar-refractivity contribution in [2.24, 2.45) is 11.3 Å². The van der Waals surface area contributed by atoms with Crippen molar-refractivity contribution in [1.82, 2.24) is 0 Å². The van der Waals surface area contributed by atoms with Crippen LogP contribution in [0, 0.1) is 11.3 Å². The van der Waals surface area contributed by atoms with Crippen LogP contribution in [0.25, 0.3) is 0 Å². The van der Waals surface area contributed by atoms with Crippen molar-refractivity contribution in [3.63, 3.8) is 0 Å². The molecular formula is C5H9P. The molecule has 0 bridgehead atoms. The molecular weight excluding hydrogens is 91.0 g/mol. The molecule has 0 spiro atoms. The van der Waals surface area contributed by atoms with Gasteiger partial charge in [-0.15, -0.1) is 9.24 Å². The molecule has 2 aliphatic rings. The van der Waals surface area contributed by atoms with Gasteiger partial charge in [0, 0.05) is 0 Å². The average Bonchev–Trinajstić information content (AvgIpc) is 2.12. The van der Waals surface area contributed by atoms with Crippen molar-refractivity contribution < 1.29 is 0 Å². The maximum absolute atomic E-state index is 2.83. The minimum absolute atomic E-state index is 0.921. The summed E-state index contributed by atoms with van der Waals surface area (Å²) < 4.78 is 0. The fraction of sp³-hybridized carbons (Fsp3) is 1.00. The molecule has 0 aromatic rings. The molecule has 0 N–H and O–H groups in total. The number of fused-ring (bicyclic) bond motifs is 1. The van der Waals surface area contributed by atoms with Crippen molar-refractivity contribution in [2.45, 2.75) is 12.8 Å². The first-order valence-corrected chi connectivity index (χ1v) is 3.39. The monoisotopic (exact) mass is 100 g/mol. The third-order valence-corrected chi connectivity index (χ3v) is 3.07. The van der Waals surface area contributed by atoms with Gasteiger partial charge in [-0.05, 0) is 30.3 Å². The Bertz CT molecular complexity index is 81.9. The molecule has 0 aromatic heterocycles. The Morgan fingerprint density at radius 2 is 2.17 bits per heavy atom. The van der Waals surface area contributed by atoms with E-state index in [0.717, 1.165) is 5.41 Å². The van der Waals surface area contributed by atoms with Crippen molar-refractivity contribution >= 4 is 9.24 Å². The molecule has 0 saturated heterocycles. The highest BCUT2D eigenvalue weighted by atomic mass is 31.0. The van der Waals surface area contributed by atoms with E-state index >= 15 is 0 Å². The summed E-state index contributed by atoms with van der Waals surface area (Å²) in [6.07, 6.45) is 4.48. The molecule has 1 heteroatoms. The molecule has 1 atom stereocenters. The standard InChI is InChI=1S/C5H9P/c6-3-5-1-4(5)2-5/h4H,1-3,6H2. The topological polar surface area (TPSA) is 0 Å². The van der Waals surface area contributed by atoms with Gasteiger partial charge in [0.05, 0.1) is 0 Å². The molecule has 0 aromatic carbocycles. The fourth-order valence-electron chi connectivity index (χ4n) is 1.14. The van der Waals surface area contributed by atoms with Gasteiger partial charge >= 0.3 is 0 Å². The van der Waals surface area contributed by atoms with E-state index in [1.807, 2.05) is 0 Å². The molecule has 0 amide bonds. The Hall–Kier alpha value is 0.430. The number of hydrogen-bond donors (Lipinski definition) is 0. The van der Waals surface area contributed by atoms with Gasteiger partial charge < -0.3 is 0 Å². The predicted octanol–water partition coefficient (Wildman–Crippen LogP) is 1.27. The first-order chi connectivity index (χ1) is 2.87. The molecule has 34 valence electrons. The van der Waals surface area contributed by atoms with E-state index in [1.54, 1.807) is 12.8 Å². The minimum atomic E-state index is 0.921. The van der Waals surface area contributed by atoms with Crippen LogP contribution in [0.1, 0.15) is 12.8 Å². The van der Waals surface area contributed by atoms with Crippen molar-refractivity contribution in [1.29, 1.82) is 0 Å². The quantitative estimate of drug-likeness (QED) is 0.435. The van der Waals surface area contributed by atoms with Crippen LogP contribution in [0.2, 0.25) is 0 Å². The fourth-order valence-corrected chi connectivity index (χ4v) is 1.80. The molecule has 0 radical (unpaired) electrons. The van der Waals surface area contributed by atoms with E-state index in [1.165, 1.54) is 12.1 Å². The zero-order valence-electron chi connectivity index (χ0n) is 3.78. The zero-order chi connectivity index (χ0) is 4.20. The van der Waals surface area contributed by atoms with Crippen LogP contribution in [-0.2, 0) is 0 Å². The van der Waals surface area contributed by atoms with Gasteiger partial charge in [-0.3, -0.25) is 0 Å². The lowest BCUT2D eigenvalue weighted by atomic mass is 10.3. The van der Waals surface area contributed by atoms with Gasteiger partial charge in [0.1, 0.15) is 0 Å². The first kappa shape index (κ1) is 3.43. The van der Waals surface area contributed by atoms with Crippen molar-refractivity contribution in [3.8, 4) is 0 Å². The summed E-state index contributed by atoms with van der Waals surface area (Å²) in [6.45, 7) is 0. The summed E-state index contributed by atoms with van der Waals surface area (Å²) in [5.74, 6) is 1.19. The lowest BCUT2D eigenvalue weighted by Crippen LogP contribution is -1.82. The van der Waals surface area contributed by atoms with E-state index in [-0.39, 0.29) is 0 Å². The van der Waals surface area contributed by atoms with Gasteiger partial charge in [0.15, 0.2) is 0 Å². The van der Waals surface area contributed by atoms with Gasteiger partial charge in [0.25, 0.3) is 0 Å². The van der Waals surface area contributed by atoms with Crippen molar-refractivity contribution in [2.75, 3.05) is 6.16 Å². The van der Waals surface area contributed by atoms with Crippen LogP contribution >= 0.6 is 9.24 Å². The molecule has 0 heterocycles. The molecule has 0 nitrogen and oxygen atoms in total. The smallest absolute Gasteiger partial charge is 0.0229 e. The average molecular weight is 100 g/mol. The minimum Gasteiger partial charge on any atom is -0.137 e. The number of rotatable bonds is 1. The SMILES string of the molecule is PCC12CC1C2. The van der Waals surface area contributed by atoms with E-state index < -0.39 is 0 Å². The molecule has 2 fully saturated rings. The summed E-state index contributed by atoms with van der Waals surface area (Å²) >= 11 is 0. The van der Waals surface area contributed by atoms with Gasteiger partial charge in [0.2, 0.25) is 0 Å². The molecule has 2 saturated carbocycles. The Morgan fingerprint density at radius 1 is 1.67 bits per heavy atom. The van der Waals surface area contributed by atoms with Crippen LogP contribution < -0.4 is 0 Å². The highest BCUT2D eigenvalue weighted by molar-refractivity contribution is 7.16. The van der Waals surface area contributed by atoms with E-state index in [2.05, 4.69) is 9.24 Å². The van der Waals surface area contributed by atoms with E-state index in [4.69, 9.17) is 0 Å². The molecule has 0 aliphatic heterocycles. The molecule has 2 rings (SSSR count). The molecule has 1 unspecified atom stereocenters. The Kier molecular flexibility index (Phi) is 0.395. The largest absolute Gasteiger partial charge is 0.137 e. The maximum atomic E-state index is 2.83. The third kappa shape index (κ3) is 0.219. The maximum Gasteiger partial charge on any atom is -0.0229 e.